The highest BCUT2D eigenvalue weighted by molar-refractivity contribution is 5.82. The molecule has 0 saturated heterocycles. The number of carbonyl (C=O) groups excluding carboxylic acids is 1. The number of rotatable bonds is 10. The molecule has 0 aromatic heterocycles. The molecule has 0 aliphatic heterocycles. The molecule has 1 saturated carbocycles. The van der Waals surface area contributed by atoms with E-state index in [-0.39, 0.29) is 5.56 Å². The average Bonchev–Trinajstić information content (AvgIpc) is 3.45. The maximum Gasteiger partial charge on any atom is 0.407 e. The van der Waals surface area contributed by atoms with Gasteiger partial charge in [-0.05, 0) is 49.4 Å². The van der Waals surface area contributed by atoms with Gasteiger partial charge in [0.1, 0.15) is 11.9 Å². The molecular weight excluding hydrogens is 446 g/mol. The molecule has 3 nitrogen and oxygen atoms in total. The molecule has 0 heterocycles. The average molecular weight is 472 g/mol. The van der Waals surface area contributed by atoms with Crippen LogP contribution in [0, 0.1) is 5.82 Å². The van der Waals surface area contributed by atoms with Crippen LogP contribution >= 0.6 is 0 Å². The minimum atomic E-state index is -4.83. The Balaban J connectivity index is 1.77. The summed E-state index contributed by atoms with van der Waals surface area (Å²) in [5.74, 6) is -4.69. The second kappa shape index (κ2) is 9.75. The third-order valence-electron chi connectivity index (χ3n) is 5.74. The number of hydrogen-bond donors (Lipinski definition) is 2. The summed E-state index contributed by atoms with van der Waals surface area (Å²) in [6.45, 7) is 1.74. The van der Waals surface area contributed by atoms with Crippen LogP contribution < -0.4 is 10.6 Å². The van der Waals surface area contributed by atoms with Crippen molar-refractivity contribution in [2.75, 3.05) is 0 Å². The minimum Gasteiger partial charge on any atom is -0.350 e. The van der Waals surface area contributed by atoms with Crippen LogP contribution in [0.5, 0.6) is 0 Å². The maximum absolute atomic E-state index is 14.6. The van der Waals surface area contributed by atoms with Gasteiger partial charge in [0.15, 0.2) is 0 Å². The van der Waals surface area contributed by atoms with Crippen molar-refractivity contribution < 1.29 is 31.1 Å². The fourth-order valence-corrected chi connectivity index (χ4v) is 3.56. The normalized spacial score (nSPS) is 17.3. The molecule has 0 radical (unpaired) electrons. The van der Waals surface area contributed by atoms with E-state index in [0.717, 1.165) is 24.3 Å². The van der Waals surface area contributed by atoms with Crippen LogP contribution in [0.25, 0.3) is 0 Å². The molecule has 1 fully saturated rings. The summed E-state index contributed by atoms with van der Waals surface area (Å²) in [6, 6.07) is 7.86. The molecule has 3 rings (SSSR count). The van der Waals surface area contributed by atoms with E-state index >= 15 is 0 Å². The van der Waals surface area contributed by atoms with Gasteiger partial charge in [-0.3, -0.25) is 10.1 Å². The quantitative estimate of drug-likeness (QED) is 0.435. The number of alkyl halides is 5. The smallest absolute Gasteiger partial charge is 0.350 e. The van der Waals surface area contributed by atoms with Gasteiger partial charge in [-0.25, -0.2) is 13.2 Å². The van der Waals surface area contributed by atoms with Crippen molar-refractivity contribution in [2.24, 2.45) is 0 Å². The van der Waals surface area contributed by atoms with Crippen molar-refractivity contribution >= 4 is 5.91 Å². The van der Waals surface area contributed by atoms with Crippen LogP contribution in [0.15, 0.2) is 54.6 Å². The van der Waals surface area contributed by atoms with E-state index in [4.69, 9.17) is 0 Å². The highest BCUT2D eigenvalue weighted by atomic mass is 19.4. The number of carbonyl (C=O) groups is 1. The zero-order valence-corrected chi connectivity index (χ0v) is 18.1. The van der Waals surface area contributed by atoms with Gasteiger partial charge in [0.25, 0.3) is 5.92 Å². The fraction of sp³-hybridized carbons (Fsp3) is 0.458. The lowest BCUT2D eigenvalue weighted by atomic mass is 9.98. The second-order valence-corrected chi connectivity index (χ2v) is 8.85. The molecule has 9 heteroatoms. The SMILES string of the molecule is CC1(NC(=O)[C@H](CCC(F)(F)Cc2ccccc2)N[C@@H](c2ccc(F)cc2)C(F)(F)F)CC1. The largest absolute Gasteiger partial charge is 0.407 e. The molecule has 0 spiro atoms. The van der Waals surface area contributed by atoms with Gasteiger partial charge >= 0.3 is 6.18 Å². The van der Waals surface area contributed by atoms with Crippen molar-refractivity contribution in [3.8, 4) is 0 Å². The first kappa shape index (κ1) is 25.1. The lowest BCUT2D eigenvalue weighted by Gasteiger charge is -2.29. The van der Waals surface area contributed by atoms with Gasteiger partial charge < -0.3 is 5.32 Å². The molecule has 0 unspecified atom stereocenters. The number of halogens is 6. The van der Waals surface area contributed by atoms with Gasteiger partial charge in [0.2, 0.25) is 5.91 Å². The van der Waals surface area contributed by atoms with Gasteiger partial charge in [0.05, 0.1) is 6.04 Å². The zero-order valence-electron chi connectivity index (χ0n) is 18.1. The van der Waals surface area contributed by atoms with Crippen molar-refractivity contribution in [1.29, 1.82) is 0 Å². The monoisotopic (exact) mass is 472 g/mol. The summed E-state index contributed by atoms with van der Waals surface area (Å²) in [7, 11) is 0. The first-order chi connectivity index (χ1) is 15.4. The summed E-state index contributed by atoms with van der Waals surface area (Å²) in [4.78, 5) is 12.8. The van der Waals surface area contributed by atoms with Crippen LogP contribution in [-0.4, -0.2) is 29.6 Å². The third kappa shape index (κ3) is 7.48. The van der Waals surface area contributed by atoms with E-state index in [1.54, 1.807) is 37.3 Å². The Hall–Kier alpha value is -2.55. The summed E-state index contributed by atoms with van der Waals surface area (Å²) >= 11 is 0. The Morgan fingerprint density at radius 2 is 1.61 bits per heavy atom. The standard InChI is InChI=1S/C24H26F6N2O/c1-22(13-14-22)32-21(33)19(11-12-23(26,27)15-16-5-3-2-4-6-16)31-20(24(28,29)30)17-7-9-18(25)10-8-17/h2-10,19-20,31H,11-15H2,1H3,(H,32,33)/t19-,20-/m0/s1. The van der Waals surface area contributed by atoms with Crippen molar-refractivity contribution in [1.82, 2.24) is 10.6 Å². The second-order valence-electron chi connectivity index (χ2n) is 8.85. The Labute approximate surface area is 188 Å². The Morgan fingerprint density at radius 3 is 2.15 bits per heavy atom. The lowest BCUT2D eigenvalue weighted by molar-refractivity contribution is -0.161. The predicted molar refractivity (Wildman–Crippen MR) is 112 cm³/mol. The molecule has 180 valence electrons. The van der Waals surface area contributed by atoms with Crippen LogP contribution in [0.1, 0.15) is 49.8 Å². The Kier molecular flexibility index (Phi) is 7.41. The van der Waals surface area contributed by atoms with Crippen molar-refractivity contribution in [3.05, 3.63) is 71.5 Å². The minimum absolute atomic E-state index is 0.310. The van der Waals surface area contributed by atoms with Gasteiger partial charge in [-0.15, -0.1) is 0 Å². The van der Waals surface area contributed by atoms with E-state index in [9.17, 15) is 31.1 Å². The van der Waals surface area contributed by atoms with Crippen molar-refractivity contribution in [3.63, 3.8) is 0 Å². The molecule has 0 bridgehead atoms. The van der Waals surface area contributed by atoms with E-state index in [0.29, 0.717) is 18.4 Å². The van der Waals surface area contributed by atoms with Gasteiger partial charge in [-0.1, -0.05) is 42.5 Å². The topological polar surface area (TPSA) is 41.1 Å². The predicted octanol–water partition coefficient (Wildman–Crippen LogP) is 5.71. The molecule has 1 aliphatic rings. The van der Waals surface area contributed by atoms with E-state index in [1.807, 2.05) is 0 Å². The molecule has 33 heavy (non-hydrogen) atoms. The van der Waals surface area contributed by atoms with E-state index in [1.165, 1.54) is 0 Å². The highest BCUT2D eigenvalue weighted by Crippen LogP contribution is 2.36. The molecule has 2 atom stereocenters. The molecule has 2 N–H and O–H groups in total. The number of benzene rings is 2. The molecular formula is C24H26F6N2O. The Bertz CT molecular complexity index is 926. The van der Waals surface area contributed by atoms with Crippen LogP contribution in [-0.2, 0) is 11.2 Å². The first-order valence-corrected chi connectivity index (χ1v) is 10.7. The fourth-order valence-electron chi connectivity index (χ4n) is 3.56. The first-order valence-electron chi connectivity index (χ1n) is 10.7. The summed E-state index contributed by atoms with van der Waals surface area (Å²) in [5, 5.41) is 4.88. The molecule has 1 aliphatic carbocycles. The molecule has 2 aromatic carbocycles. The maximum atomic E-state index is 14.6. The van der Waals surface area contributed by atoms with E-state index in [2.05, 4.69) is 10.6 Å². The third-order valence-corrected chi connectivity index (χ3v) is 5.74. The molecule has 1 amide bonds. The summed E-state index contributed by atoms with van der Waals surface area (Å²) < 4.78 is 83.8. The van der Waals surface area contributed by atoms with Crippen LogP contribution in [0.2, 0.25) is 0 Å². The number of hydrogen-bond acceptors (Lipinski definition) is 2. The van der Waals surface area contributed by atoms with Crippen molar-refractivity contribution in [2.45, 2.75) is 68.7 Å². The Morgan fingerprint density at radius 1 is 1.00 bits per heavy atom. The molecule has 2 aromatic rings. The highest BCUT2D eigenvalue weighted by Gasteiger charge is 2.45. The summed E-state index contributed by atoms with van der Waals surface area (Å²) in [5.41, 5.74) is -0.454. The summed E-state index contributed by atoms with van der Waals surface area (Å²) in [6.07, 6.45) is -5.37. The van der Waals surface area contributed by atoms with Crippen LogP contribution in [0.3, 0.4) is 0 Å². The number of amides is 1. The zero-order chi connectivity index (χ0) is 24.3. The van der Waals surface area contributed by atoms with Gasteiger partial charge in [-0.2, -0.15) is 13.2 Å². The lowest BCUT2D eigenvalue weighted by Crippen LogP contribution is -2.51. The van der Waals surface area contributed by atoms with E-state index < -0.39 is 60.7 Å². The van der Waals surface area contributed by atoms with Crippen LogP contribution in [0.4, 0.5) is 26.3 Å². The van der Waals surface area contributed by atoms with Gasteiger partial charge in [0, 0.05) is 18.4 Å². The number of nitrogens with one attached hydrogen (secondary N) is 2.